The van der Waals surface area contributed by atoms with E-state index in [1.807, 2.05) is 12.1 Å². The van der Waals surface area contributed by atoms with Gasteiger partial charge in [0, 0.05) is 11.6 Å². The van der Waals surface area contributed by atoms with Crippen LogP contribution in [0.2, 0.25) is 0 Å². The summed E-state index contributed by atoms with van der Waals surface area (Å²) in [5.74, 6) is -0.281. The summed E-state index contributed by atoms with van der Waals surface area (Å²) in [5.41, 5.74) is 8.77. The summed E-state index contributed by atoms with van der Waals surface area (Å²) in [7, 11) is 0. The molecule has 19 heavy (non-hydrogen) atoms. The Labute approximate surface area is 114 Å². The number of fused-ring (bicyclic) bond motifs is 1. The molecule has 1 saturated heterocycles. The van der Waals surface area contributed by atoms with E-state index >= 15 is 0 Å². The summed E-state index contributed by atoms with van der Waals surface area (Å²) in [4.78, 5) is 14.2. The number of likely N-dealkylation sites (tertiary alicyclic amines) is 1. The molecule has 2 N–H and O–H groups in total. The number of nitrogens with zero attached hydrogens (tertiary/aromatic N) is 1. The minimum atomic E-state index is -0.281. The maximum absolute atomic E-state index is 11.6. The van der Waals surface area contributed by atoms with E-state index in [1.165, 1.54) is 49.9 Å². The van der Waals surface area contributed by atoms with Gasteiger partial charge in [-0.2, -0.15) is 0 Å². The third-order valence-electron chi connectivity index (χ3n) is 4.63. The summed E-state index contributed by atoms with van der Waals surface area (Å²) in [6.07, 6.45) is 7.30. The summed E-state index contributed by atoms with van der Waals surface area (Å²) in [6.45, 7) is 2.44. The minimum Gasteiger partial charge on any atom is -0.366 e. The molecule has 3 heteroatoms. The Kier molecular flexibility index (Phi) is 3.56. The van der Waals surface area contributed by atoms with Crippen molar-refractivity contribution in [1.29, 1.82) is 0 Å². The maximum atomic E-state index is 11.6. The number of carbonyl (C=O) groups excluding carboxylic acids is 1. The molecule has 2 aliphatic rings. The quantitative estimate of drug-likeness (QED) is 0.883. The van der Waals surface area contributed by atoms with Crippen LogP contribution in [0.15, 0.2) is 18.2 Å². The van der Waals surface area contributed by atoms with Gasteiger partial charge < -0.3 is 10.6 Å². The number of piperidine rings is 1. The lowest BCUT2D eigenvalue weighted by Gasteiger charge is -2.37. The number of amides is 1. The molecule has 3 nitrogen and oxygen atoms in total. The van der Waals surface area contributed by atoms with E-state index in [4.69, 9.17) is 5.73 Å². The van der Waals surface area contributed by atoms with Crippen molar-refractivity contribution in [1.82, 2.24) is 4.90 Å². The standard InChI is InChI=1S/C16H22N2O/c17-16(19)14-6-4-5-12-7-8-13(11-15(12)14)18-9-2-1-3-10-18/h4-6,13H,1-3,7-11H2,(H2,17,19). The fourth-order valence-corrected chi connectivity index (χ4v) is 3.60. The molecule has 1 aromatic carbocycles. The number of primary amides is 1. The number of hydrogen-bond donors (Lipinski definition) is 1. The van der Waals surface area contributed by atoms with Crippen LogP contribution in [-0.2, 0) is 12.8 Å². The fourth-order valence-electron chi connectivity index (χ4n) is 3.60. The van der Waals surface area contributed by atoms with Crippen molar-refractivity contribution in [2.45, 2.75) is 44.6 Å². The van der Waals surface area contributed by atoms with Crippen LogP contribution in [0.25, 0.3) is 0 Å². The summed E-state index contributed by atoms with van der Waals surface area (Å²) >= 11 is 0. The molecule has 0 saturated carbocycles. The molecule has 1 atom stereocenters. The number of hydrogen-bond acceptors (Lipinski definition) is 2. The van der Waals surface area contributed by atoms with Gasteiger partial charge in [0.15, 0.2) is 0 Å². The smallest absolute Gasteiger partial charge is 0.248 e. The predicted octanol–water partition coefficient (Wildman–Crippen LogP) is 2.13. The van der Waals surface area contributed by atoms with Gasteiger partial charge in [-0.05, 0) is 62.4 Å². The molecule has 1 aliphatic heterocycles. The van der Waals surface area contributed by atoms with Gasteiger partial charge in [0.25, 0.3) is 0 Å². The van der Waals surface area contributed by atoms with Gasteiger partial charge in [-0.15, -0.1) is 0 Å². The molecule has 1 heterocycles. The third-order valence-corrected chi connectivity index (χ3v) is 4.63. The lowest BCUT2D eigenvalue weighted by molar-refractivity contribution is 0.0997. The van der Waals surface area contributed by atoms with Crippen LogP contribution in [0, 0.1) is 0 Å². The SMILES string of the molecule is NC(=O)c1cccc2c1CC(N1CCCCC1)CC2. The minimum absolute atomic E-state index is 0.281. The van der Waals surface area contributed by atoms with Crippen molar-refractivity contribution < 1.29 is 4.79 Å². The highest BCUT2D eigenvalue weighted by Crippen LogP contribution is 2.28. The first-order valence-corrected chi connectivity index (χ1v) is 7.40. The van der Waals surface area contributed by atoms with Crippen molar-refractivity contribution in [2.75, 3.05) is 13.1 Å². The van der Waals surface area contributed by atoms with Crippen molar-refractivity contribution in [3.8, 4) is 0 Å². The first kappa shape index (κ1) is 12.7. The zero-order chi connectivity index (χ0) is 13.2. The van der Waals surface area contributed by atoms with Crippen LogP contribution in [0.4, 0.5) is 0 Å². The predicted molar refractivity (Wildman–Crippen MR) is 76.2 cm³/mol. The van der Waals surface area contributed by atoms with Gasteiger partial charge in [-0.25, -0.2) is 0 Å². The second kappa shape index (κ2) is 5.33. The van der Waals surface area contributed by atoms with E-state index in [0.717, 1.165) is 18.4 Å². The molecule has 0 spiro atoms. The third kappa shape index (κ3) is 2.52. The first-order chi connectivity index (χ1) is 9.25. The lowest BCUT2D eigenvalue weighted by atomic mass is 9.84. The van der Waals surface area contributed by atoms with Crippen LogP contribution < -0.4 is 5.73 Å². The van der Waals surface area contributed by atoms with E-state index < -0.39 is 0 Å². The number of nitrogens with two attached hydrogens (primary N) is 1. The molecule has 1 fully saturated rings. The average Bonchev–Trinajstić information content (AvgIpc) is 2.47. The Balaban J connectivity index is 1.83. The molecule has 3 rings (SSSR count). The molecule has 1 aromatic rings. The van der Waals surface area contributed by atoms with E-state index in [1.54, 1.807) is 0 Å². The highest BCUT2D eigenvalue weighted by Gasteiger charge is 2.27. The normalized spacial score (nSPS) is 23.9. The Morgan fingerprint density at radius 2 is 2.00 bits per heavy atom. The largest absolute Gasteiger partial charge is 0.366 e. The van der Waals surface area contributed by atoms with Gasteiger partial charge in [0.1, 0.15) is 0 Å². The molecular weight excluding hydrogens is 236 g/mol. The Bertz CT molecular complexity index is 478. The summed E-state index contributed by atoms with van der Waals surface area (Å²) < 4.78 is 0. The monoisotopic (exact) mass is 258 g/mol. The van der Waals surface area contributed by atoms with E-state index in [-0.39, 0.29) is 5.91 Å². The van der Waals surface area contributed by atoms with Gasteiger partial charge >= 0.3 is 0 Å². The molecule has 0 radical (unpaired) electrons. The zero-order valence-electron chi connectivity index (χ0n) is 11.4. The van der Waals surface area contributed by atoms with E-state index in [2.05, 4.69) is 11.0 Å². The molecule has 0 aromatic heterocycles. The number of rotatable bonds is 2. The van der Waals surface area contributed by atoms with Crippen LogP contribution in [0.5, 0.6) is 0 Å². The second-order valence-corrected chi connectivity index (χ2v) is 5.80. The first-order valence-electron chi connectivity index (χ1n) is 7.40. The van der Waals surface area contributed by atoms with E-state index in [9.17, 15) is 4.79 Å². The number of benzene rings is 1. The molecule has 1 amide bonds. The Hall–Kier alpha value is -1.35. The molecule has 1 unspecified atom stereocenters. The average molecular weight is 258 g/mol. The highest BCUT2D eigenvalue weighted by atomic mass is 16.1. The van der Waals surface area contributed by atoms with Gasteiger partial charge in [0.2, 0.25) is 5.91 Å². The summed E-state index contributed by atoms with van der Waals surface area (Å²) in [6, 6.07) is 6.59. The van der Waals surface area contributed by atoms with Crippen LogP contribution in [0.1, 0.15) is 47.2 Å². The second-order valence-electron chi connectivity index (χ2n) is 5.80. The summed E-state index contributed by atoms with van der Waals surface area (Å²) in [5, 5.41) is 0. The lowest BCUT2D eigenvalue weighted by Crippen LogP contribution is -2.42. The molecular formula is C16H22N2O. The number of aryl methyl sites for hydroxylation is 1. The highest BCUT2D eigenvalue weighted by molar-refractivity contribution is 5.94. The maximum Gasteiger partial charge on any atom is 0.248 e. The van der Waals surface area contributed by atoms with Crippen molar-refractivity contribution >= 4 is 5.91 Å². The Morgan fingerprint density at radius 1 is 1.21 bits per heavy atom. The molecule has 1 aliphatic carbocycles. The van der Waals surface area contributed by atoms with Crippen molar-refractivity contribution in [3.05, 3.63) is 34.9 Å². The van der Waals surface area contributed by atoms with Crippen LogP contribution >= 0.6 is 0 Å². The van der Waals surface area contributed by atoms with Crippen LogP contribution in [0.3, 0.4) is 0 Å². The fraction of sp³-hybridized carbons (Fsp3) is 0.562. The molecule has 102 valence electrons. The molecule has 0 bridgehead atoms. The van der Waals surface area contributed by atoms with Crippen molar-refractivity contribution in [3.63, 3.8) is 0 Å². The van der Waals surface area contributed by atoms with Gasteiger partial charge in [0.05, 0.1) is 0 Å². The van der Waals surface area contributed by atoms with Gasteiger partial charge in [-0.1, -0.05) is 18.6 Å². The zero-order valence-corrected chi connectivity index (χ0v) is 11.4. The van der Waals surface area contributed by atoms with Gasteiger partial charge in [-0.3, -0.25) is 4.79 Å². The van der Waals surface area contributed by atoms with E-state index in [0.29, 0.717) is 6.04 Å². The Morgan fingerprint density at radius 3 is 2.74 bits per heavy atom. The number of carbonyl (C=O) groups is 1. The topological polar surface area (TPSA) is 46.3 Å². The van der Waals surface area contributed by atoms with Crippen LogP contribution in [-0.4, -0.2) is 29.9 Å². The van der Waals surface area contributed by atoms with Crippen molar-refractivity contribution in [2.24, 2.45) is 5.73 Å².